The molecule has 21 heavy (non-hydrogen) atoms. The van der Waals surface area contributed by atoms with E-state index in [1.165, 1.54) is 4.90 Å². The van der Waals surface area contributed by atoms with Crippen LogP contribution in [0, 0.1) is 6.92 Å². The number of nitrogens with one attached hydrogen (secondary N) is 1. The number of carbonyl (C=O) groups is 1. The Balaban J connectivity index is 1.96. The zero-order valence-corrected chi connectivity index (χ0v) is 12.4. The molecule has 1 aromatic carbocycles. The number of rotatable bonds is 5. The maximum Gasteiger partial charge on any atom is 0.253 e. The molecule has 0 aliphatic carbocycles. The first-order chi connectivity index (χ1) is 9.97. The number of benzene rings is 1. The summed E-state index contributed by atoms with van der Waals surface area (Å²) in [6.45, 7) is 2.39. The van der Waals surface area contributed by atoms with Gasteiger partial charge in [0.2, 0.25) is 5.89 Å². The van der Waals surface area contributed by atoms with E-state index in [1.807, 2.05) is 0 Å². The van der Waals surface area contributed by atoms with E-state index >= 15 is 0 Å². The number of nitrogens with two attached hydrogens (primary N) is 1. The van der Waals surface area contributed by atoms with E-state index in [2.05, 4.69) is 15.5 Å². The van der Waals surface area contributed by atoms with E-state index in [4.69, 9.17) is 10.3 Å². The molecule has 1 aromatic heterocycles. The van der Waals surface area contributed by atoms with Gasteiger partial charge in [0, 0.05) is 32.6 Å². The van der Waals surface area contributed by atoms with Gasteiger partial charge in [-0.15, -0.1) is 0 Å². The predicted molar refractivity (Wildman–Crippen MR) is 80.1 cm³/mol. The van der Waals surface area contributed by atoms with Crippen molar-refractivity contribution in [2.45, 2.75) is 13.3 Å². The Hall–Kier alpha value is -2.57. The van der Waals surface area contributed by atoms with E-state index in [1.54, 1.807) is 39.2 Å². The molecule has 0 saturated carbocycles. The zero-order chi connectivity index (χ0) is 15.4. The number of hydrogen-bond acceptors (Lipinski definition) is 6. The third-order valence-corrected chi connectivity index (χ3v) is 2.93. The fourth-order valence-electron chi connectivity index (χ4n) is 1.86. The molecule has 0 atom stereocenters. The molecule has 0 fully saturated rings. The van der Waals surface area contributed by atoms with Crippen LogP contribution in [0.1, 0.15) is 22.1 Å². The Morgan fingerprint density at radius 2 is 2.19 bits per heavy atom. The van der Waals surface area contributed by atoms with Gasteiger partial charge < -0.3 is 20.5 Å². The first-order valence-electron chi connectivity index (χ1n) is 6.61. The van der Waals surface area contributed by atoms with Gasteiger partial charge in [-0.2, -0.15) is 4.98 Å². The van der Waals surface area contributed by atoms with Crippen molar-refractivity contribution in [1.82, 2.24) is 15.0 Å². The number of aromatic nitrogens is 2. The van der Waals surface area contributed by atoms with Crippen LogP contribution in [0.2, 0.25) is 0 Å². The predicted octanol–water partition coefficient (Wildman–Crippen LogP) is 1.32. The molecule has 112 valence electrons. The topological polar surface area (TPSA) is 97.3 Å². The lowest BCUT2D eigenvalue weighted by Gasteiger charge is -2.13. The van der Waals surface area contributed by atoms with Crippen molar-refractivity contribution in [2.75, 3.05) is 31.7 Å². The Bertz CT molecular complexity index is 636. The number of anilines is 2. The highest BCUT2D eigenvalue weighted by molar-refractivity contribution is 5.95. The van der Waals surface area contributed by atoms with E-state index in [0.29, 0.717) is 35.9 Å². The number of aryl methyl sites for hydroxylation is 1. The van der Waals surface area contributed by atoms with Crippen molar-refractivity contribution in [2.24, 2.45) is 0 Å². The molecule has 3 N–H and O–H groups in total. The van der Waals surface area contributed by atoms with Crippen molar-refractivity contribution < 1.29 is 9.32 Å². The van der Waals surface area contributed by atoms with Gasteiger partial charge in [0.15, 0.2) is 5.82 Å². The van der Waals surface area contributed by atoms with Gasteiger partial charge in [0.1, 0.15) is 0 Å². The Morgan fingerprint density at radius 1 is 1.43 bits per heavy atom. The molecule has 0 saturated heterocycles. The van der Waals surface area contributed by atoms with Gasteiger partial charge >= 0.3 is 0 Å². The molecule has 7 nitrogen and oxygen atoms in total. The molecule has 0 unspecified atom stereocenters. The summed E-state index contributed by atoms with van der Waals surface area (Å²) >= 11 is 0. The van der Waals surface area contributed by atoms with Crippen LogP contribution in [0.5, 0.6) is 0 Å². The Labute approximate surface area is 123 Å². The van der Waals surface area contributed by atoms with Crippen LogP contribution >= 0.6 is 0 Å². The summed E-state index contributed by atoms with van der Waals surface area (Å²) in [5.41, 5.74) is 7.83. The first-order valence-corrected chi connectivity index (χ1v) is 6.61. The molecule has 2 aromatic rings. The van der Waals surface area contributed by atoms with Gasteiger partial charge in [0.25, 0.3) is 5.91 Å². The lowest BCUT2D eigenvalue weighted by molar-refractivity contribution is 0.0827. The molecule has 0 radical (unpaired) electrons. The van der Waals surface area contributed by atoms with Crippen LogP contribution < -0.4 is 11.1 Å². The van der Waals surface area contributed by atoms with Gasteiger partial charge in [0.05, 0.1) is 11.4 Å². The molecule has 0 bridgehead atoms. The van der Waals surface area contributed by atoms with E-state index < -0.39 is 0 Å². The fraction of sp³-hybridized carbons (Fsp3) is 0.357. The van der Waals surface area contributed by atoms with Gasteiger partial charge in [-0.3, -0.25) is 4.79 Å². The summed E-state index contributed by atoms with van der Waals surface area (Å²) in [5, 5.41) is 6.91. The fourth-order valence-corrected chi connectivity index (χ4v) is 1.86. The van der Waals surface area contributed by atoms with Crippen molar-refractivity contribution in [3.05, 3.63) is 35.5 Å². The Kier molecular flexibility index (Phi) is 4.42. The normalized spacial score (nSPS) is 10.4. The first kappa shape index (κ1) is 14.8. The van der Waals surface area contributed by atoms with Crippen molar-refractivity contribution in [3.8, 4) is 0 Å². The smallest absolute Gasteiger partial charge is 0.253 e. The SMILES string of the molecule is Cc1noc(CCNc2ccc(C(=O)N(C)C)cc2N)n1. The van der Waals surface area contributed by atoms with Crippen LogP contribution in [-0.2, 0) is 6.42 Å². The second-order valence-electron chi connectivity index (χ2n) is 4.91. The summed E-state index contributed by atoms with van der Waals surface area (Å²) in [6, 6.07) is 5.21. The monoisotopic (exact) mass is 289 g/mol. The van der Waals surface area contributed by atoms with E-state index in [-0.39, 0.29) is 5.91 Å². The van der Waals surface area contributed by atoms with Gasteiger partial charge in [-0.05, 0) is 25.1 Å². The van der Waals surface area contributed by atoms with Crippen molar-refractivity contribution in [3.63, 3.8) is 0 Å². The van der Waals surface area contributed by atoms with Crippen LogP contribution in [0.25, 0.3) is 0 Å². The number of nitrogens with zero attached hydrogens (tertiary/aromatic N) is 3. The van der Waals surface area contributed by atoms with Crippen LogP contribution in [0.3, 0.4) is 0 Å². The number of nitrogen functional groups attached to an aromatic ring is 1. The quantitative estimate of drug-likeness (QED) is 0.806. The second kappa shape index (κ2) is 6.25. The maximum atomic E-state index is 11.8. The summed E-state index contributed by atoms with van der Waals surface area (Å²) in [4.78, 5) is 17.5. The highest BCUT2D eigenvalue weighted by atomic mass is 16.5. The van der Waals surface area contributed by atoms with E-state index in [0.717, 1.165) is 5.69 Å². The van der Waals surface area contributed by atoms with Crippen LogP contribution in [-0.4, -0.2) is 41.6 Å². The zero-order valence-electron chi connectivity index (χ0n) is 12.4. The molecule has 0 spiro atoms. The van der Waals surface area contributed by atoms with E-state index in [9.17, 15) is 4.79 Å². The largest absolute Gasteiger partial charge is 0.397 e. The molecule has 0 aliphatic rings. The lowest BCUT2D eigenvalue weighted by atomic mass is 10.1. The van der Waals surface area contributed by atoms with Crippen molar-refractivity contribution in [1.29, 1.82) is 0 Å². The molecule has 1 amide bonds. The summed E-state index contributed by atoms with van der Waals surface area (Å²) in [7, 11) is 3.41. The van der Waals surface area contributed by atoms with Crippen LogP contribution in [0.4, 0.5) is 11.4 Å². The molecule has 0 aliphatic heterocycles. The average Bonchev–Trinajstić information content (AvgIpc) is 2.85. The molecule has 2 rings (SSSR count). The minimum atomic E-state index is -0.0745. The van der Waals surface area contributed by atoms with Crippen molar-refractivity contribution >= 4 is 17.3 Å². The molecule has 1 heterocycles. The highest BCUT2D eigenvalue weighted by Gasteiger charge is 2.10. The van der Waals surface area contributed by atoms with Gasteiger partial charge in [-0.25, -0.2) is 0 Å². The van der Waals surface area contributed by atoms with Gasteiger partial charge in [-0.1, -0.05) is 5.16 Å². The maximum absolute atomic E-state index is 11.8. The van der Waals surface area contributed by atoms with Crippen LogP contribution in [0.15, 0.2) is 22.7 Å². The molecule has 7 heteroatoms. The summed E-state index contributed by atoms with van der Waals surface area (Å²) < 4.78 is 5.03. The highest BCUT2D eigenvalue weighted by Crippen LogP contribution is 2.20. The number of carbonyl (C=O) groups excluding carboxylic acids is 1. The minimum Gasteiger partial charge on any atom is -0.397 e. The lowest BCUT2D eigenvalue weighted by Crippen LogP contribution is -2.21. The molecular formula is C14H19N5O2. The minimum absolute atomic E-state index is 0.0745. The second-order valence-corrected chi connectivity index (χ2v) is 4.91. The number of hydrogen-bond donors (Lipinski definition) is 2. The standard InChI is InChI=1S/C14H19N5O2/c1-9-17-13(21-18-9)6-7-16-12-5-4-10(8-11(12)15)14(20)19(2)3/h4-5,8,16H,6-7,15H2,1-3H3. The number of amides is 1. The Morgan fingerprint density at radius 3 is 2.76 bits per heavy atom. The summed E-state index contributed by atoms with van der Waals surface area (Å²) in [6.07, 6.45) is 0.610. The molecular weight excluding hydrogens is 270 g/mol. The third-order valence-electron chi connectivity index (χ3n) is 2.93. The summed E-state index contributed by atoms with van der Waals surface area (Å²) in [5.74, 6) is 1.13. The average molecular weight is 289 g/mol. The third kappa shape index (κ3) is 3.71.